The maximum atomic E-state index is 15.1. The molecule has 0 radical (unpaired) electrons. The fourth-order valence-electron chi connectivity index (χ4n) is 12.3. The lowest BCUT2D eigenvalue weighted by atomic mass is 9.91. The highest BCUT2D eigenvalue weighted by atomic mass is 35.5. The molecule has 107 heavy (non-hydrogen) atoms. The van der Waals surface area contributed by atoms with Gasteiger partial charge in [-0.05, 0) is 72.8 Å². The number of rotatable bonds is 15. The van der Waals surface area contributed by atoms with Crippen LogP contribution in [0.2, 0.25) is 5.15 Å². The molecule has 0 spiro atoms. The highest BCUT2D eigenvalue weighted by molar-refractivity contribution is 6.30. The molecule has 6 aromatic heterocycles. The van der Waals surface area contributed by atoms with Crippen molar-refractivity contribution in [2.45, 2.75) is 18.3 Å². The van der Waals surface area contributed by atoms with Crippen molar-refractivity contribution in [3.8, 4) is 63.6 Å². The van der Waals surface area contributed by atoms with Crippen molar-refractivity contribution in [2.75, 3.05) is 115 Å². The van der Waals surface area contributed by atoms with E-state index in [1.165, 1.54) is 95.7 Å². The molecule has 2 atom stereocenters. The van der Waals surface area contributed by atoms with E-state index in [9.17, 15) is 23.2 Å². The third-order valence-corrected chi connectivity index (χ3v) is 17.8. The Kier molecular flexibility index (Phi) is 23.9. The van der Waals surface area contributed by atoms with Crippen molar-refractivity contribution >= 4 is 67.3 Å². The van der Waals surface area contributed by atoms with E-state index in [2.05, 4.69) is 74.5 Å². The van der Waals surface area contributed by atoms with Gasteiger partial charge in [-0.1, -0.05) is 11.6 Å². The number of fused-ring (bicyclic) bond motifs is 3. The molecule has 12 aromatic rings. The Bertz CT molecular complexity index is 5320. The Morgan fingerprint density at radius 2 is 0.841 bits per heavy atom. The first-order valence-electron chi connectivity index (χ1n) is 33.0. The predicted molar refractivity (Wildman–Crippen MR) is 382 cm³/mol. The van der Waals surface area contributed by atoms with E-state index in [1.54, 1.807) is 6.07 Å². The van der Waals surface area contributed by atoms with Gasteiger partial charge in [-0.25, -0.2) is 76.2 Å². The smallest absolute Gasteiger partial charge is 0.251 e. The van der Waals surface area contributed by atoms with Crippen molar-refractivity contribution in [3.63, 3.8) is 0 Å². The van der Waals surface area contributed by atoms with Crippen LogP contribution >= 0.6 is 11.6 Å². The lowest BCUT2D eigenvalue weighted by Crippen LogP contribution is -2.36. The first-order chi connectivity index (χ1) is 52.1. The Balaban J connectivity index is 0.000000143. The molecule has 9 heterocycles. The molecule has 544 valence electrons. The van der Waals surface area contributed by atoms with Crippen LogP contribution in [0.15, 0.2) is 147 Å². The Hall–Kier alpha value is -12.4. The SMILES string of the molecule is COc1nccnc1C(C#N)c1cc(-c2ncnc3cc(N4CCOCC4)ccc23)c(F)cc1F.COc1nccnc1C(C(N)=O)c1cc(-c2ncnc3cc(N4CCOCC4)ccc23)c(F)cc1F.COc1nccnc1Cl.N#CCc1cc(-c2ncnc3cc(N4CCOCC4)ccc23)c(F)cc1F. The summed E-state index contributed by atoms with van der Waals surface area (Å²) in [5.41, 5.74) is 11.7. The molecular formula is C75H63ClF6N18O7. The van der Waals surface area contributed by atoms with E-state index in [-0.39, 0.29) is 68.6 Å². The maximum Gasteiger partial charge on any atom is 0.251 e. The second-order valence-electron chi connectivity index (χ2n) is 23.7. The second kappa shape index (κ2) is 34.5. The summed E-state index contributed by atoms with van der Waals surface area (Å²) in [7, 11) is 4.22. The first kappa shape index (κ1) is 74.3. The number of hydrogen-bond donors (Lipinski definition) is 1. The normalized spacial score (nSPS) is 14.0. The van der Waals surface area contributed by atoms with Gasteiger partial charge in [0.2, 0.25) is 17.7 Å². The molecule has 6 aromatic carbocycles. The zero-order valence-corrected chi connectivity index (χ0v) is 58.1. The fourth-order valence-corrected chi connectivity index (χ4v) is 12.5. The van der Waals surface area contributed by atoms with Crippen molar-refractivity contribution in [1.82, 2.24) is 59.8 Å². The van der Waals surface area contributed by atoms with Gasteiger partial charge in [-0.15, -0.1) is 0 Å². The van der Waals surface area contributed by atoms with Crippen LogP contribution in [0.5, 0.6) is 17.6 Å². The van der Waals surface area contributed by atoms with Crippen LogP contribution in [-0.4, -0.2) is 166 Å². The zero-order chi connectivity index (χ0) is 75.1. The molecule has 3 aliphatic heterocycles. The van der Waals surface area contributed by atoms with Gasteiger partial charge in [0.15, 0.2) is 5.15 Å². The number of carbonyl (C=O) groups excluding carboxylic acids is 1. The monoisotopic (exact) mass is 1480 g/mol. The summed E-state index contributed by atoms with van der Waals surface area (Å²) >= 11 is 5.53. The van der Waals surface area contributed by atoms with Gasteiger partial charge in [0.05, 0.1) is 113 Å². The third-order valence-electron chi connectivity index (χ3n) is 17.5. The summed E-state index contributed by atoms with van der Waals surface area (Å²) in [6.07, 6.45) is 12.4. The molecule has 3 aliphatic rings. The number of anilines is 3. The van der Waals surface area contributed by atoms with Crippen LogP contribution in [0.1, 0.15) is 39.9 Å². The number of benzene rings is 6. The van der Waals surface area contributed by atoms with Crippen LogP contribution in [0.25, 0.3) is 66.5 Å². The van der Waals surface area contributed by atoms with Gasteiger partial charge >= 0.3 is 0 Å². The number of aromatic nitrogens is 12. The fraction of sp³-hybridized carbons (Fsp3) is 0.240. The van der Waals surface area contributed by atoms with Gasteiger partial charge in [0, 0.05) is 161 Å². The van der Waals surface area contributed by atoms with E-state index in [0.717, 1.165) is 68.5 Å². The van der Waals surface area contributed by atoms with Gasteiger partial charge in [0.25, 0.3) is 5.88 Å². The topological polar surface area (TPSA) is 310 Å². The lowest BCUT2D eigenvalue weighted by molar-refractivity contribution is -0.118. The summed E-state index contributed by atoms with van der Waals surface area (Å²) in [5.74, 6) is -7.90. The first-order valence-corrected chi connectivity index (χ1v) is 33.4. The van der Waals surface area contributed by atoms with Crippen LogP contribution in [0.3, 0.4) is 0 Å². The summed E-state index contributed by atoms with van der Waals surface area (Å²) < 4.78 is 120. The third kappa shape index (κ3) is 16.7. The zero-order valence-electron chi connectivity index (χ0n) is 57.4. The van der Waals surface area contributed by atoms with Crippen molar-refractivity contribution in [2.24, 2.45) is 5.73 Å². The van der Waals surface area contributed by atoms with Gasteiger partial charge in [-0.3, -0.25) is 14.8 Å². The van der Waals surface area contributed by atoms with Gasteiger partial charge in [-0.2, -0.15) is 10.5 Å². The highest BCUT2D eigenvalue weighted by Gasteiger charge is 2.32. The number of nitrogens with zero attached hydrogens (tertiary/aromatic N) is 17. The minimum Gasteiger partial charge on any atom is -0.480 e. The molecule has 15 rings (SSSR count). The van der Waals surface area contributed by atoms with Crippen LogP contribution < -0.4 is 34.6 Å². The molecular weight excluding hydrogens is 1410 g/mol. The van der Waals surface area contributed by atoms with Crippen LogP contribution in [0, 0.1) is 57.6 Å². The van der Waals surface area contributed by atoms with Crippen molar-refractivity contribution < 1.29 is 59.6 Å². The summed E-state index contributed by atoms with van der Waals surface area (Å²) in [4.78, 5) is 68.7. The average Bonchev–Trinajstić information content (AvgIpc) is 0.772. The number of carbonyl (C=O) groups is 1. The lowest BCUT2D eigenvalue weighted by Gasteiger charge is -2.29. The van der Waals surface area contributed by atoms with Crippen molar-refractivity contribution in [3.05, 3.63) is 215 Å². The number of primary amides is 1. The molecule has 0 saturated carbocycles. The second-order valence-corrected chi connectivity index (χ2v) is 24.0. The Labute approximate surface area is 612 Å². The minimum atomic E-state index is -1.37. The molecule has 25 nitrogen and oxygen atoms in total. The standard InChI is InChI=1S/C25H22F2N6O3.C25H20F2N6O2.C20H16F2N4O.C5H5ClN2O/c1-35-25-23(29-4-5-30-25)21(24(28)34)16-11-17(19(27)12-18(16)26)22-15-3-2-14(10-20(15)31-13-32-22)33-6-8-36-9-7-33;1-34-25-24(29-4-5-30-25)19(13-28)17-11-18(21(27)12-20(17)26)23-16-3-2-15(10-22(16)31-14-32-23)33-6-8-35-9-7-33;21-17-11-18(22)16(9-13(17)3-4-23)20-15-2-1-14(10-19(15)24-12-25-20)26-5-7-27-8-6-26;1-9-5-4(6)7-2-3-8-5/h2-5,10-13,21H,6-9H2,1H3,(H2,28,34);2-5,10-12,14,19H,6-9H2,1H3;1-2,9-12H,3,5-8H2;2-3H,1H3. The maximum absolute atomic E-state index is 15.1. The average molecular weight is 1480 g/mol. The van der Waals surface area contributed by atoms with E-state index in [1.807, 2.05) is 60.7 Å². The molecule has 0 bridgehead atoms. The number of nitrogens with two attached hydrogens (primary N) is 1. The number of halogens is 7. The largest absolute Gasteiger partial charge is 0.480 e. The summed E-state index contributed by atoms with van der Waals surface area (Å²) in [5, 5.41) is 20.8. The van der Waals surface area contributed by atoms with Gasteiger partial charge in [0.1, 0.15) is 77.1 Å². The molecule has 3 saturated heterocycles. The number of methoxy groups -OCH3 is 3. The van der Waals surface area contributed by atoms with Crippen LogP contribution in [-0.2, 0) is 25.4 Å². The minimum absolute atomic E-state index is 0.00738. The molecule has 32 heteroatoms. The molecule has 2 unspecified atom stereocenters. The summed E-state index contributed by atoms with van der Waals surface area (Å²) in [6.45, 7) is 8.54. The van der Waals surface area contributed by atoms with E-state index in [0.29, 0.717) is 101 Å². The molecule has 1 amide bonds. The molecule has 2 N–H and O–H groups in total. The summed E-state index contributed by atoms with van der Waals surface area (Å²) in [6, 6.07) is 27.1. The Morgan fingerprint density at radius 3 is 1.24 bits per heavy atom. The quantitative estimate of drug-likeness (QED) is 0.0932. The number of nitriles is 2. The van der Waals surface area contributed by atoms with Crippen molar-refractivity contribution in [1.29, 1.82) is 10.5 Å². The highest BCUT2D eigenvalue weighted by Crippen LogP contribution is 2.40. The van der Waals surface area contributed by atoms with E-state index < -0.39 is 52.6 Å². The predicted octanol–water partition coefficient (Wildman–Crippen LogP) is 11.3. The van der Waals surface area contributed by atoms with Crippen LogP contribution in [0.4, 0.5) is 43.4 Å². The molecule has 3 fully saturated rings. The number of ether oxygens (including phenoxy) is 6. The number of amides is 1. The van der Waals surface area contributed by atoms with E-state index >= 15 is 13.2 Å². The van der Waals surface area contributed by atoms with Gasteiger partial charge < -0.3 is 48.9 Å². The number of morpholine rings is 3. The number of hydrogen-bond acceptors (Lipinski definition) is 24. The van der Waals surface area contributed by atoms with E-state index in [4.69, 9.17) is 51.0 Å². The Morgan fingerprint density at radius 1 is 0.467 bits per heavy atom. The molecule has 0 aliphatic carbocycles.